The fourth-order valence-corrected chi connectivity index (χ4v) is 3.92. The van der Waals surface area contributed by atoms with Gasteiger partial charge in [0.2, 0.25) is 0 Å². The number of ketones is 1. The smallest absolute Gasteiger partial charge is 0.162 e. The number of carbonyl (C=O) groups is 1. The molecular weight excluding hydrogens is 332 g/mol. The van der Waals surface area contributed by atoms with E-state index in [1.165, 1.54) is 37.9 Å². The van der Waals surface area contributed by atoms with Crippen LogP contribution >= 0.6 is 0 Å². The van der Waals surface area contributed by atoms with E-state index in [1.807, 2.05) is 38.4 Å². The van der Waals surface area contributed by atoms with E-state index in [-0.39, 0.29) is 5.78 Å². The zero-order valence-corrected chi connectivity index (χ0v) is 16.7. The molecule has 2 aromatic rings. The van der Waals surface area contributed by atoms with Crippen molar-refractivity contribution in [2.45, 2.75) is 38.6 Å². The molecule has 1 heterocycles. The first-order valence-corrected chi connectivity index (χ1v) is 10.2. The average Bonchev–Trinajstić information content (AvgIpc) is 2.70. The Bertz CT molecular complexity index is 701. The lowest BCUT2D eigenvalue weighted by Gasteiger charge is -2.32. The number of Topliss-reactive ketones (excluding diaryl/α,β-unsaturated/α-hetero) is 1. The van der Waals surface area contributed by atoms with E-state index in [0.29, 0.717) is 6.42 Å². The van der Waals surface area contributed by atoms with Crippen LogP contribution in [0, 0.1) is 5.92 Å². The summed E-state index contributed by atoms with van der Waals surface area (Å²) in [6, 6.07) is 18.7. The predicted molar refractivity (Wildman–Crippen MR) is 113 cm³/mol. The van der Waals surface area contributed by atoms with Crippen LogP contribution in [0.1, 0.15) is 48.0 Å². The molecule has 0 N–H and O–H groups in total. The molecule has 3 heteroatoms. The molecule has 0 atom stereocenters. The van der Waals surface area contributed by atoms with Gasteiger partial charge in [0.25, 0.3) is 0 Å². The predicted octanol–water partition coefficient (Wildman–Crippen LogP) is 5.02. The molecule has 0 spiro atoms. The van der Waals surface area contributed by atoms with Gasteiger partial charge in [0, 0.05) is 38.3 Å². The Morgan fingerprint density at radius 1 is 1.00 bits per heavy atom. The summed E-state index contributed by atoms with van der Waals surface area (Å²) in [6.45, 7) is 3.42. The molecule has 3 nitrogen and oxygen atoms in total. The van der Waals surface area contributed by atoms with Crippen LogP contribution < -0.4 is 4.90 Å². The number of carbonyl (C=O) groups excluding carboxylic acids is 1. The molecule has 0 unspecified atom stereocenters. The van der Waals surface area contributed by atoms with Gasteiger partial charge in [-0.1, -0.05) is 30.3 Å². The van der Waals surface area contributed by atoms with Crippen LogP contribution in [0.5, 0.6) is 0 Å². The molecule has 27 heavy (non-hydrogen) atoms. The molecule has 2 aromatic carbocycles. The summed E-state index contributed by atoms with van der Waals surface area (Å²) in [4.78, 5) is 17.0. The summed E-state index contributed by atoms with van der Waals surface area (Å²) in [5, 5.41) is 0. The molecule has 1 fully saturated rings. The third-order valence-corrected chi connectivity index (χ3v) is 5.68. The molecule has 0 radical (unpaired) electrons. The number of rotatable bonds is 8. The summed E-state index contributed by atoms with van der Waals surface area (Å²) in [5.74, 6) is 1.06. The molecule has 3 rings (SSSR count). The monoisotopic (exact) mass is 364 g/mol. The van der Waals surface area contributed by atoms with Crippen LogP contribution in [0.25, 0.3) is 0 Å². The van der Waals surface area contributed by atoms with Crippen LogP contribution in [-0.2, 0) is 6.54 Å². The Kier molecular flexibility index (Phi) is 7.05. The van der Waals surface area contributed by atoms with Crippen molar-refractivity contribution >= 4 is 11.5 Å². The van der Waals surface area contributed by atoms with Crippen molar-refractivity contribution in [3.05, 3.63) is 65.7 Å². The van der Waals surface area contributed by atoms with E-state index in [1.54, 1.807) is 0 Å². The first kappa shape index (κ1) is 19.6. The van der Waals surface area contributed by atoms with Gasteiger partial charge in [-0.05, 0) is 74.5 Å². The van der Waals surface area contributed by atoms with Crippen molar-refractivity contribution in [2.24, 2.45) is 5.92 Å². The van der Waals surface area contributed by atoms with Crippen LogP contribution in [0.3, 0.4) is 0 Å². The molecule has 144 valence electrons. The summed E-state index contributed by atoms with van der Waals surface area (Å²) in [6.07, 6.45) is 5.39. The van der Waals surface area contributed by atoms with Gasteiger partial charge in [0.1, 0.15) is 0 Å². The highest BCUT2D eigenvalue weighted by Crippen LogP contribution is 2.24. The standard InChI is InChI=1S/C24H32N2O/c1-25(2)23-13-11-22(12-14-23)24(27)10-6-9-20-15-17-26(18-16-20)19-21-7-4-3-5-8-21/h3-5,7-8,11-14,20H,6,9-10,15-19H2,1-2H3. The quantitative estimate of drug-likeness (QED) is 0.615. The lowest BCUT2D eigenvalue weighted by atomic mass is 9.90. The molecular formula is C24H32N2O. The summed E-state index contributed by atoms with van der Waals surface area (Å²) in [5.41, 5.74) is 3.38. The molecule has 0 bridgehead atoms. The molecule has 1 aliphatic heterocycles. The molecule has 1 saturated heterocycles. The summed E-state index contributed by atoms with van der Waals surface area (Å²) < 4.78 is 0. The van der Waals surface area contributed by atoms with Crippen LogP contribution in [-0.4, -0.2) is 37.9 Å². The van der Waals surface area contributed by atoms with Gasteiger partial charge in [-0.2, -0.15) is 0 Å². The first-order valence-electron chi connectivity index (χ1n) is 10.2. The zero-order chi connectivity index (χ0) is 19.1. The second-order valence-electron chi connectivity index (χ2n) is 7.96. The van der Waals surface area contributed by atoms with Gasteiger partial charge in [0.05, 0.1) is 0 Å². The highest BCUT2D eigenvalue weighted by Gasteiger charge is 2.19. The molecule has 0 amide bonds. The van der Waals surface area contributed by atoms with Crippen molar-refractivity contribution in [3.8, 4) is 0 Å². The van der Waals surface area contributed by atoms with Crippen molar-refractivity contribution in [3.63, 3.8) is 0 Å². The minimum absolute atomic E-state index is 0.279. The molecule has 0 aromatic heterocycles. The molecule has 1 aliphatic rings. The SMILES string of the molecule is CN(C)c1ccc(C(=O)CCCC2CCN(Cc3ccccc3)CC2)cc1. The molecule has 0 aliphatic carbocycles. The Morgan fingerprint density at radius 2 is 1.67 bits per heavy atom. The van der Waals surface area contributed by atoms with Crippen LogP contribution in [0.15, 0.2) is 54.6 Å². The molecule has 0 saturated carbocycles. The van der Waals surface area contributed by atoms with Gasteiger partial charge in [0.15, 0.2) is 5.78 Å². The van der Waals surface area contributed by atoms with Gasteiger partial charge in [-0.3, -0.25) is 9.69 Å². The Labute approximate surface area is 164 Å². The van der Waals surface area contributed by atoms with E-state index >= 15 is 0 Å². The van der Waals surface area contributed by atoms with E-state index < -0.39 is 0 Å². The van der Waals surface area contributed by atoms with Gasteiger partial charge >= 0.3 is 0 Å². The van der Waals surface area contributed by atoms with E-state index in [2.05, 4.69) is 40.1 Å². The highest BCUT2D eigenvalue weighted by molar-refractivity contribution is 5.96. The number of likely N-dealkylation sites (tertiary alicyclic amines) is 1. The number of nitrogens with zero attached hydrogens (tertiary/aromatic N) is 2. The fourth-order valence-electron chi connectivity index (χ4n) is 3.92. The minimum Gasteiger partial charge on any atom is -0.378 e. The van der Waals surface area contributed by atoms with Crippen molar-refractivity contribution in [2.75, 3.05) is 32.1 Å². The first-order chi connectivity index (χ1) is 13.1. The number of hydrogen-bond donors (Lipinski definition) is 0. The van der Waals surface area contributed by atoms with Gasteiger partial charge in [-0.15, -0.1) is 0 Å². The number of benzene rings is 2. The second-order valence-corrected chi connectivity index (χ2v) is 7.96. The second kappa shape index (κ2) is 9.70. The minimum atomic E-state index is 0.279. The van der Waals surface area contributed by atoms with E-state index in [9.17, 15) is 4.79 Å². The summed E-state index contributed by atoms with van der Waals surface area (Å²) >= 11 is 0. The third kappa shape index (κ3) is 5.93. The van der Waals surface area contributed by atoms with Crippen LogP contribution in [0.2, 0.25) is 0 Å². The highest BCUT2D eigenvalue weighted by atomic mass is 16.1. The number of piperidine rings is 1. The number of hydrogen-bond acceptors (Lipinski definition) is 3. The topological polar surface area (TPSA) is 23.6 Å². The lowest BCUT2D eigenvalue weighted by Crippen LogP contribution is -2.33. The van der Waals surface area contributed by atoms with E-state index in [0.717, 1.165) is 30.1 Å². The van der Waals surface area contributed by atoms with Crippen molar-refractivity contribution in [1.29, 1.82) is 0 Å². The van der Waals surface area contributed by atoms with Crippen molar-refractivity contribution in [1.82, 2.24) is 4.90 Å². The third-order valence-electron chi connectivity index (χ3n) is 5.68. The largest absolute Gasteiger partial charge is 0.378 e. The van der Waals surface area contributed by atoms with Crippen molar-refractivity contribution < 1.29 is 4.79 Å². The Morgan fingerprint density at radius 3 is 2.30 bits per heavy atom. The zero-order valence-electron chi connectivity index (χ0n) is 16.7. The maximum atomic E-state index is 12.4. The Hall–Kier alpha value is -2.13. The maximum Gasteiger partial charge on any atom is 0.162 e. The van der Waals surface area contributed by atoms with Crippen LogP contribution in [0.4, 0.5) is 5.69 Å². The van der Waals surface area contributed by atoms with E-state index in [4.69, 9.17) is 0 Å². The number of anilines is 1. The fraction of sp³-hybridized carbons (Fsp3) is 0.458. The average molecular weight is 365 g/mol. The van der Waals surface area contributed by atoms with Gasteiger partial charge in [-0.25, -0.2) is 0 Å². The summed E-state index contributed by atoms with van der Waals surface area (Å²) in [7, 11) is 4.03. The normalized spacial score (nSPS) is 15.6. The Balaban J connectivity index is 1.36. The maximum absolute atomic E-state index is 12.4. The lowest BCUT2D eigenvalue weighted by molar-refractivity contribution is 0.0974. The van der Waals surface area contributed by atoms with Gasteiger partial charge < -0.3 is 4.90 Å².